The van der Waals surface area contributed by atoms with Gasteiger partial charge in [0.15, 0.2) is 0 Å². The molecule has 0 aromatic heterocycles. The average Bonchev–Trinajstić information content (AvgIpc) is 2.27. The van der Waals surface area contributed by atoms with Crippen LogP contribution >= 0.6 is 0 Å². The van der Waals surface area contributed by atoms with E-state index in [1.807, 2.05) is 24.3 Å². The van der Waals surface area contributed by atoms with Gasteiger partial charge in [0.1, 0.15) is 11.8 Å². The summed E-state index contributed by atoms with van der Waals surface area (Å²) in [7, 11) is -1.21. The second-order valence-electron chi connectivity index (χ2n) is 5.64. The maximum atomic E-state index is 10.6. The van der Waals surface area contributed by atoms with E-state index in [4.69, 9.17) is 15.6 Å². The summed E-state index contributed by atoms with van der Waals surface area (Å²) in [6.07, 6.45) is 1.12. The fourth-order valence-corrected chi connectivity index (χ4v) is 1.96. The standard InChI is InChI=1S/C13H21NO3Si/c1-18(2,3)9-17-11-6-4-10(5-7-11)8-12(14)13(15)16/h4-7,12H,8-9,14H2,1-3H3,(H,15,16)/t12-/m0/s1. The fourth-order valence-electron chi connectivity index (χ4n) is 1.36. The van der Waals surface area contributed by atoms with Crippen LogP contribution in [0, 0.1) is 0 Å². The molecule has 1 rings (SSSR count). The number of aliphatic carboxylic acids is 1. The van der Waals surface area contributed by atoms with Crippen LogP contribution < -0.4 is 10.5 Å². The van der Waals surface area contributed by atoms with E-state index in [9.17, 15) is 4.79 Å². The number of carboxylic acid groups (broad SMARTS) is 1. The summed E-state index contributed by atoms with van der Waals surface area (Å²) in [4.78, 5) is 10.6. The molecule has 0 aliphatic heterocycles. The lowest BCUT2D eigenvalue weighted by atomic mass is 10.1. The number of ether oxygens (including phenoxy) is 1. The molecule has 100 valence electrons. The number of hydrogen-bond acceptors (Lipinski definition) is 3. The molecular weight excluding hydrogens is 246 g/mol. The van der Waals surface area contributed by atoms with E-state index in [2.05, 4.69) is 19.6 Å². The molecule has 0 radical (unpaired) electrons. The second-order valence-corrected chi connectivity index (χ2v) is 11.1. The monoisotopic (exact) mass is 267 g/mol. The van der Waals surface area contributed by atoms with Crippen LogP contribution in [-0.4, -0.2) is 31.4 Å². The molecule has 5 heteroatoms. The van der Waals surface area contributed by atoms with Gasteiger partial charge in [0.25, 0.3) is 0 Å². The molecule has 0 saturated heterocycles. The Hall–Kier alpha value is -1.33. The van der Waals surface area contributed by atoms with Gasteiger partial charge in [-0.2, -0.15) is 0 Å². The van der Waals surface area contributed by atoms with E-state index < -0.39 is 20.1 Å². The van der Waals surface area contributed by atoms with Crippen molar-refractivity contribution >= 4 is 14.0 Å². The number of carbonyl (C=O) groups is 1. The Morgan fingerprint density at radius 3 is 2.33 bits per heavy atom. The zero-order valence-electron chi connectivity index (χ0n) is 11.1. The fraction of sp³-hybridized carbons (Fsp3) is 0.462. The number of nitrogens with two attached hydrogens (primary N) is 1. The molecule has 0 aliphatic carbocycles. The Bertz CT molecular complexity index is 398. The lowest BCUT2D eigenvalue weighted by Gasteiger charge is -2.17. The van der Waals surface area contributed by atoms with Crippen molar-refractivity contribution in [3.8, 4) is 5.75 Å². The lowest BCUT2D eigenvalue weighted by Crippen LogP contribution is -2.32. The first-order chi connectivity index (χ1) is 8.28. The number of hydrogen-bond donors (Lipinski definition) is 2. The Kier molecular flexibility index (Phi) is 4.92. The molecule has 4 nitrogen and oxygen atoms in total. The minimum Gasteiger partial charge on any atom is -0.497 e. The van der Waals surface area contributed by atoms with Gasteiger partial charge >= 0.3 is 5.97 Å². The highest BCUT2D eigenvalue weighted by Gasteiger charge is 2.14. The smallest absolute Gasteiger partial charge is 0.320 e. The van der Waals surface area contributed by atoms with E-state index in [-0.39, 0.29) is 0 Å². The third-order valence-electron chi connectivity index (χ3n) is 2.37. The summed E-state index contributed by atoms with van der Waals surface area (Å²) in [5.41, 5.74) is 6.38. The Morgan fingerprint density at radius 2 is 1.89 bits per heavy atom. The van der Waals surface area contributed by atoms with E-state index in [1.165, 1.54) is 0 Å². The largest absolute Gasteiger partial charge is 0.497 e. The molecule has 0 fully saturated rings. The first-order valence-corrected chi connectivity index (χ1v) is 9.69. The van der Waals surface area contributed by atoms with Crippen molar-refractivity contribution in [2.24, 2.45) is 5.73 Å². The molecule has 1 aromatic rings. The highest BCUT2D eigenvalue weighted by molar-refractivity contribution is 6.76. The predicted molar refractivity (Wildman–Crippen MR) is 74.6 cm³/mol. The third kappa shape index (κ3) is 5.33. The van der Waals surface area contributed by atoms with Gasteiger partial charge in [-0.15, -0.1) is 0 Å². The van der Waals surface area contributed by atoms with Crippen molar-refractivity contribution in [1.29, 1.82) is 0 Å². The van der Waals surface area contributed by atoms with Gasteiger partial charge in [-0.05, 0) is 24.1 Å². The van der Waals surface area contributed by atoms with Crippen LogP contribution in [0.15, 0.2) is 24.3 Å². The maximum absolute atomic E-state index is 10.6. The van der Waals surface area contributed by atoms with Crippen molar-refractivity contribution < 1.29 is 14.6 Å². The number of rotatable bonds is 6. The summed E-state index contributed by atoms with van der Waals surface area (Å²) >= 11 is 0. The van der Waals surface area contributed by atoms with Crippen molar-refractivity contribution in [1.82, 2.24) is 0 Å². The molecule has 0 heterocycles. The van der Waals surface area contributed by atoms with Gasteiger partial charge in [-0.25, -0.2) is 0 Å². The van der Waals surface area contributed by atoms with Crippen LogP contribution in [0.1, 0.15) is 5.56 Å². The molecule has 3 N–H and O–H groups in total. The zero-order chi connectivity index (χ0) is 13.8. The summed E-state index contributed by atoms with van der Waals surface area (Å²) in [6, 6.07) is 6.61. The summed E-state index contributed by atoms with van der Waals surface area (Å²) < 4.78 is 5.69. The van der Waals surface area contributed by atoms with E-state index in [0.29, 0.717) is 6.42 Å². The zero-order valence-corrected chi connectivity index (χ0v) is 12.1. The lowest BCUT2D eigenvalue weighted by molar-refractivity contribution is -0.138. The second kappa shape index (κ2) is 6.02. The molecular formula is C13H21NO3Si. The van der Waals surface area contributed by atoms with Crippen LogP contribution in [0.2, 0.25) is 19.6 Å². The Labute approximate surface area is 109 Å². The molecule has 0 saturated carbocycles. The molecule has 0 unspecified atom stereocenters. The molecule has 1 atom stereocenters. The SMILES string of the molecule is C[Si](C)(C)COc1ccc(C[C@H](N)C(=O)O)cc1. The van der Waals surface area contributed by atoms with Crippen molar-refractivity contribution in [3.05, 3.63) is 29.8 Å². The highest BCUT2D eigenvalue weighted by atomic mass is 28.3. The average molecular weight is 267 g/mol. The van der Waals surface area contributed by atoms with Gasteiger partial charge in [-0.3, -0.25) is 4.79 Å². The molecule has 0 bridgehead atoms. The minimum absolute atomic E-state index is 0.337. The Balaban J connectivity index is 2.55. The van der Waals surface area contributed by atoms with Crippen LogP contribution in [0.25, 0.3) is 0 Å². The van der Waals surface area contributed by atoms with Crippen LogP contribution in [0.4, 0.5) is 0 Å². The van der Waals surface area contributed by atoms with Crippen LogP contribution in [0.3, 0.4) is 0 Å². The topological polar surface area (TPSA) is 72.5 Å². The van der Waals surface area contributed by atoms with Crippen molar-refractivity contribution in [2.75, 3.05) is 6.23 Å². The van der Waals surface area contributed by atoms with Crippen LogP contribution in [0.5, 0.6) is 5.75 Å². The van der Waals surface area contributed by atoms with E-state index in [1.54, 1.807) is 0 Å². The normalized spacial score (nSPS) is 13.1. The van der Waals surface area contributed by atoms with E-state index in [0.717, 1.165) is 17.5 Å². The van der Waals surface area contributed by atoms with Crippen molar-refractivity contribution in [2.45, 2.75) is 32.1 Å². The van der Waals surface area contributed by atoms with Gasteiger partial charge in [0.05, 0.1) is 14.3 Å². The third-order valence-corrected chi connectivity index (χ3v) is 3.38. The van der Waals surface area contributed by atoms with Gasteiger partial charge in [0.2, 0.25) is 0 Å². The molecule has 1 aromatic carbocycles. The summed E-state index contributed by atoms with van der Waals surface area (Å²) in [5, 5.41) is 8.73. The number of carboxylic acids is 1. The first kappa shape index (κ1) is 14.7. The quantitative estimate of drug-likeness (QED) is 0.772. The van der Waals surface area contributed by atoms with Crippen LogP contribution in [-0.2, 0) is 11.2 Å². The highest BCUT2D eigenvalue weighted by Crippen LogP contribution is 2.15. The van der Waals surface area contributed by atoms with Gasteiger partial charge in [0, 0.05) is 0 Å². The summed E-state index contributed by atoms with van der Waals surface area (Å²) in [6.45, 7) is 6.73. The molecule has 0 spiro atoms. The van der Waals surface area contributed by atoms with E-state index >= 15 is 0 Å². The van der Waals surface area contributed by atoms with Gasteiger partial charge in [-0.1, -0.05) is 31.8 Å². The van der Waals surface area contributed by atoms with Gasteiger partial charge < -0.3 is 15.6 Å². The predicted octanol–water partition coefficient (Wildman–Crippen LogP) is 1.90. The van der Waals surface area contributed by atoms with Crippen molar-refractivity contribution in [3.63, 3.8) is 0 Å². The molecule has 0 amide bonds. The minimum atomic E-state index is -1.21. The molecule has 0 aliphatic rings. The molecule has 18 heavy (non-hydrogen) atoms. The number of benzene rings is 1. The first-order valence-electron chi connectivity index (χ1n) is 5.98. The Morgan fingerprint density at radius 1 is 1.33 bits per heavy atom. The maximum Gasteiger partial charge on any atom is 0.320 e. The summed E-state index contributed by atoms with van der Waals surface area (Å²) in [5.74, 6) is -0.154.